The molecule has 1 fully saturated rings. The van der Waals surface area contributed by atoms with Crippen LogP contribution in [0.2, 0.25) is 5.02 Å². The Balaban J connectivity index is 1.81. The van der Waals surface area contributed by atoms with E-state index in [9.17, 15) is 4.39 Å². The van der Waals surface area contributed by atoms with Gasteiger partial charge in [-0.25, -0.2) is 14.4 Å². The number of rotatable bonds is 5. The first-order chi connectivity index (χ1) is 13.1. The van der Waals surface area contributed by atoms with Gasteiger partial charge in [0.05, 0.1) is 18.7 Å². The average molecular weight is 388 g/mol. The Labute approximate surface area is 162 Å². The number of aliphatic imine (C=N–C) groups is 2. The Morgan fingerprint density at radius 2 is 2.15 bits per heavy atom. The molecular weight excluding hydrogens is 369 g/mol. The molecule has 6 nitrogen and oxygen atoms in total. The van der Waals surface area contributed by atoms with Crippen LogP contribution in [-0.4, -0.2) is 42.6 Å². The number of piperidine rings is 1. The maximum Gasteiger partial charge on any atom is 0.183 e. The molecule has 0 saturated carbocycles. The fraction of sp³-hybridized carbons (Fsp3) is 0.263. The highest BCUT2D eigenvalue weighted by molar-refractivity contribution is 6.31. The minimum atomic E-state index is -0.562. The summed E-state index contributed by atoms with van der Waals surface area (Å²) in [5.41, 5.74) is 2.65. The third kappa shape index (κ3) is 4.49. The molecule has 0 aliphatic carbocycles. The molecule has 0 unspecified atom stereocenters. The van der Waals surface area contributed by atoms with Gasteiger partial charge in [-0.1, -0.05) is 11.6 Å². The molecule has 8 heteroatoms. The van der Waals surface area contributed by atoms with Gasteiger partial charge in [-0.05, 0) is 18.9 Å². The standard InChI is InChI=1S/C19H19ClFN5O/c1-22-10-13-12-26(14-8-15(20)19(21)17(9-14)27-2)7-4-16(13)25-11-18-23-5-3-6-24-18/h3,5-6,8-10H,1,4,7,11-12H2,2H3/b13-10-,25-16?. The van der Waals surface area contributed by atoms with Gasteiger partial charge in [-0.3, -0.25) is 9.98 Å². The fourth-order valence-electron chi connectivity index (χ4n) is 2.86. The van der Waals surface area contributed by atoms with E-state index in [0.29, 0.717) is 31.9 Å². The van der Waals surface area contributed by atoms with Gasteiger partial charge in [0.15, 0.2) is 11.6 Å². The molecule has 0 amide bonds. The highest BCUT2D eigenvalue weighted by Gasteiger charge is 2.22. The number of ether oxygens (including phenoxy) is 1. The van der Waals surface area contributed by atoms with Gasteiger partial charge in [0.2, 0.25) is 0 Å². The van der Waals surface area contributed by atoms with Gasteiger partial charge in [-0.2, -0.15) is 0 Å². The SMILES string of the molecule is C=N/C=C1/CN(c2cc(Cl)c(F)c(OC)c2)CCC1=NCc1ncccn1. The zero-order valence-corrected chi connectivity index (χ0v) is 15.7. The van der Waals surface area contributed by atoms with Crippen molar-refractivity contribution in [2.24, 2.45) is 9.98 Å². The third-order valence-electron chi connectivity index (χ3n) is 4.19. The van der Waals surface area contributed by atoms with Crippen LogP contribution in [0.1, 0.15) is 12.2 Å². The highest BCUT2D eigenvalue weighted by atomic mass is 35.5. The van der Waals surface area contributed by atoms with Gasteiger partial charge in [0.1, 0.15) is 5.82 Å². The molecule has 0 spiro atoms. The predicted octanol–water partition coefficient (Wildman–Crippen LogP) is 3.71. The molecule has 1 aliphatic rings. The van der Waals surface area contributed by atoms with Crippen molar-refractivity contribution in [1.82, 2.24) is 9.97 Å². The number of anilines is 1. The second-order valence-corrected chi connectivity index (χ2v) is 6.29. The van der Waals surface area contributed by atoms with Crippen LogP contribution in [0.5, 0.6) is 5.75 Å². The van der Waals surface area contributed by atoms with E-state index in [-0.39, 0.29) is 10.8 Å². The molecule has 1 aromatic carbocycles. The van der Waals surface area contributed by atoms with E-state index < -0.39 is 5.82 Å². The summed E-state index contributed by atoms with van der Waals surface area (Å²) in [6.07, 6.45) is 5.78. The van der Waals surface area contributed by atoms with Gasteiger partial charge in [-0.15, -0.1) is 0 Å². The summed E-state index contributed by atoms with van der Waals surface area (Å²) >= 11 is 6.00. The van der Waals surface area contributed by atoms with E-state index in [4.69, 9.17) is 16.3 Å². The van der Waals surface area contributed by atoms with Crippen LogP contribution in [0.15, 0.2) is 52.4 Å². The summed E-state index contributed by atoms with van der Waals surface area (Å²) in [7, 11) is 1.41. The number of halogens is 2. The zero-order valence-electron chi connectivity index (χ0n) is 14.9. The van der Waals surface area contributed by atoms with E-state index in [0.717, 1.165) is 17.0 Å². The molecule has 0 radical (unpaired) electrons. The first kappa shape index (κ1) is 19.0. The summed E-state index contributed by atoms with van der Waals surface area (Å²) in [5, 5.41) is 0.0254. The normalized spacial score (nSPS) is 17.4. The number of hydrogen-bond donors (Lipinski definition) is 0. The van der Waals surface area contributed by atoms with Gasteiger partial charge in [0, 0.05) is 61.1 Å². The topological polar surface area (TPSA) is 63.0 Å². The van der Waals surface area contributed by atoms with Gasteiger partial charge < -0.3 is 9.64 Å². The summed E-state index contributed by atoms with van der Waals surface area (Å²) in [4.78, 5) is 19.0. The molecule has 140 valence electrons. The maximum atomic E-state index is 13.9. The highest BCUT2D eigenvalue weighted by Crippen LogP contribution is 2.32. The van der Waals surface area contributed by atoms with Crippen molar-refractivity contribution in [3.8, 4) is 5.75 Å². The van der Waals surface area contributed by atoms with Crippen LogP contribution >= 0.6 is 11.6 Å². The summed E-state index contributed by atoms with van der Waals surface area (Å²) < 4.78 is 19.0. The van der Waals surface area contributed by atoms with Crippen molar-refractivity contribution in [3.05, 3.63) is 59.0 Å². The van der Waals surface area contributed by atoms with E-state index in [1.54, 1.807) is 36.8 Å². The largest absolute Gasteiger partial charge is 0.494 e. The van der Waals surface area contributed by atoms with Crippen LogP contribution in [0.3, 0.4) is 0 Å². The minimum absolute atomic E-state index is 0.0254. The lowest BCUT2D eigenvalue weighted by molar-refractivity contribution is 0.386. The van der Waals surface area contributed by atoms with E-state index >= 15 is 0 Å². The number of methoxy groups -OCH3 is 1. The smallest absolute Gasteiger partial charge is 0.183 e. The molecule has 0 N–H and O–H groups in total. The Morgan fingerprint density at radius 3 is 2.85 bits per heavy atom. The van der Waals surface area contributed by atoms with Crippen molar-refractivity contribution >= 4 is 29.7 Å². The average Bonchev–Trinajstić information content (AvgIpc) is 2.70. The van der Waals surface area contributed by atoms with E-state index in [1.165, 1.54) is 7.11 Å². The predicted molar refractivity (Wildman–Crippen MR) is 106 cm³/mol. The lowest BCUT2D eigenvalue weighted by Gasteiger charge is -2.32. The van der Waals surface area contributed by atoms with Crippen LogP contribution < -0.4 is 9.64 Å². The van der Waals surface area contributed by atoms with Crippen LogP contribution in [0.4, 0.5) is 10.1 Å². The Kier molecular flexibility index (Phi) is 6.13. The van der Waals surface area contributed by atoms with Crippen LogP contribution in [0.25, 0.3) is 0 Å². The Morgan fingerprint density at radius 1 is 1.37 bits per heavy atom. The Bertz CT molecular complexity index is 885. The van der Waals surface area contributed by atoms with Crippen LogP contribution in [-0.2, 0) is 6.54 Å². The molecule has 0 bridgehead atoms. The van der Waals surface area contributed by atoms with Crippen LogP contribution in [0, 0.1) is 5.82 Å². The monoisotopic (exact) mass is 387 g/mol. The first-order valence-electron chi connectivity index (χ1n) is 8.34. The van der Waals surface area contributed by atoms with Crippen molar-refractivity contribution in [3.63, 3.8) is 0 Å². The van der Waals surface area contributed by atoms with Crippen molar-refractivity contribution in [2.45, 2.75) is 13.0 Å². The van der Waals surface area contributed by atoms with Crippen molar-refractivity contribution < 1.29 is 9.13 Å². The number of aromatic nitrogens is 2. The zero-order chi connectivity index (χ0) is 19.2. The third-order valence-corrected chi connectivity index (χ3v) is 4.47. The second-order valence-electron chi connectivity index (χ2n) is 5.88. The lowest BCUT2D eigenvalue weighted by atomic mass is 10.0. The van der Waals surface area contributed by atoms with Gasteiger partial charge in [0.25, 0.3) is 0 Å². The van der Waals surface area contributed by atoms with Crippen molar-refractivity contribution in [2.75, 3.05) is 25.1 Å². The Hall–Kier alpha value is -2.80. The molecule has 2 heterocycles. The molecular formula is C19H19ClFN5O. The quantitative estimate of drug-likeness (QED) is 0.733. The number of nitrogens with zero attached hydrogens (tertiary/aromatic N) is 5. The number of hydrogen-bond acceptors (Lipinski definition) is 6. The van der Waals surface area contributed by atoms with E-state index in [2.05, 4.69) is 31.6 Å². The fourth-order valence-corrected chi connectivity index (χ4v) is 3.07. The molecule has 0 atom stereocenters. The minimum Gasteiger partial charge on any atom is -0.494 e. The molecule has 1 aliphatic heterocycles. The summed E-state index contributed by atoms with van der Waals surface area (Å²) in [5.74, 6) is 0.215. The van der Waals surface area contributed by atoms with Crippen molar-refractivity contribution in [1.29, 1.82) is 0 Å². The number of benzene rings is 1. The lowest BCUT2D eigenvalue weighted by Crippen LogP contribution is -2.36. The van der Waals surface area contributed by atoms with Gasteiger partial charge >= 0.3 is 0 Å². The molecule has 3 rings (SSSR count). The summed E-state index contributed by atoms with van der Waals surface area (Å²) in [6, 6.07) is 5.00. The molecule has 2 aromatic rings. The molecule has 27 heavy (non-hydrogen) atoms. The van der Waals surface area contributed by atoms with E-state index in [1.807, 2.05) is 0 Å². The summed E-state index contributed by atoms with van der Waals surface area (Å²) in [6.45, 7) is 5.20. The second kappa shape index (κ2) is 8.73. The molecule has 1 aromatic heterocycles. The maximum absolute atomic E-state index is 13.9. The first-order valence-corrected chi connectivity index (χ1v) is 8.72. The molecule has 1 saturated heterocycles.